The number of methoxy groups -OCH3 is 1. The predicted molar refractivity (Wildman–Crippen MR) is 60.6 cm³/mol. The number of thiophene rings is 1. The number of likely N-dealkylation sites (N-methyl/N-ethyl adjacent to an activating group) is 1. The van der Waals surface area contributed by atoms with Crippen molar-refractivity contribution in [1.29, 1.82) is 0 Å². The summed E-state index contributed by atoms with van der Waals surface area (Å²) in [4.78, 5) is 13.3. The Hall–Kier alpha value is -0.910. The fourth-order valence-electron chi connectivity index (χ4n) is 1.27. The molecule has 2 N–H and O–H groups in total. The van der Waals surface area contributed by atoms with Crippen LogP contribution in [-0.2, 0) is 16.1 Å². The second-order valence-electron chi connectivity index (χ2n) is 3.39. The smallest absolute Gasteiger partial charge is 0.241 e. The van der Waals surface area contributed by atoms with Gasteiger partial charge in [0.25, 0.3) is 0 Å². The lowest BCUT2D eigenvalue weighted by Crippen LogP contribution is -2.44. The largest absolute Gasteiger partial charge is 0.383 e. The molecule has 0 spiro atoms. The Labute approximate surface area is 93.6 Å². The second-order valence-corrected chi connectivity index (χ2v) is 4.17. The van der Waals surface area contributed by atoms with Crippen molar-refractivity contribution in [3.05, 3.63) is 22.4 Å². The molecule has 84 valence electrons. The van der Waals surface area contributed by atoms with Crippen LogP contribution >= 0.6 is 11.3 Å². The van der Waals surface area contributed by atoms with Gasteiger partial charge in [0.15, 0.2) is 0 Å². The van der Waals surface area contributed by atoms with E-state index in [-0.39, 0.29) is 12.5 Å². The zero-order valence-electron chi connectivity index (χ0n) is 8.97. The molecule has 1 aromatic rings. The van der Waals surface area contributed by atoms with Gasteiger partial charge >= 0.3 is 0 Å². The minimum Gasteiger partial charge on any atom is -0.383 e. The second kappa shape index (κ2) is 5.85. The van der Waals surface area contributed by atoms with Crippen molar-refractivity contribution < 1.29 is 9.53 Å². The molecule has 0 saturated heterocycles. The molecular weight excluding hydrogens is 212 g/mol. The van der Waals surface area contributed by atoms with Crippen molar-refractivity contribution in [2.24, 2.45) is 5.73 Å². The molecule has 4 nitrogen and oxygen atoms in total. The van der Waals surface area contributed by atoms with Crippen LogP contribution in [0.1, 0.15) is 5.56 Å². The van der Waals surface area contributed by atoms with Crippen molar-refractivity contribution in [1.82, 2.24) is 4.90 Å². The molecular formula is C10H16N2O2S. The zero-order chi connectivity index (χ0) is 11.3. The molecule has 0 fully saturated rings. The van der Waals surface area contributed by atoms with Gasteiger partial charge in [-0.05, 0) is 22.4 Å². The highest BCUT2D eigenvalue weighted by Crippen LogP contribution is 2.08. The number of hydrogen-bond donors (Lipinski definition) is 1. The number of hydrogen-bond acceptors (Lipinski definition) is 4. The lowest BCUT2D eigenvalue weighted by atomic mass is 10.2. The Bertz CT molecular complexity index is 300. The SMILES string of the molecule is COCC(N)C(=O)N(C)Cc1ccsc1. The van der Waals surface area contributed by atoms with E-state index in [0.717, 1.165) is 5.56 Å². The highest BCUT2D eigenvalue weighted by molar-refractivity contribution is 7.07. The monoisotopic (exact) mass is 228 g/mol. The van der Waals surface area contributed by atoms with E-state index in [4.69, 9.17) is 10.5 Å². The fourth-order valence-corrected chi connectivity index (χ4v) is 1.93. The van der Waals surface area contributed by atoms with Gasteiger partial charge in [-0.3, -0.25) is 4.79 Å². The van der Waals surface area contributed by atoms with Crippen molar-refractivity contribution in [3.63, 3.8) is 0 Å². The van der Waals surface area contributed by atoms with E-state index in [1.807, 2.05) is 16.8 Å². The first-order chi connectivity index (χ1) is 7.15. The van der Waals surface area contributed by atoms with Crippen LogP contribution in [0.4, 0.5) is 0 Å². The molecule has 0 radical (unpaired) electrons. The summed E-state index contributed by atoms with van der Waals surface area (Å²) < 4.78 is 4.84. The number of nitrogens with two attached hydrogens (primary N) is 1. The lowest BCUT2D eigenvalue weighted by Gasteiger charge is -2.20. The maximum absolute atomic E-state index is 11.7. The number of rotatable bonds is 5. The Morgan fingerprint density at radius 3 is 3.00 bits per heavy atom. The van der Waals surface area contributed by atoms with Crippen molar-refractivity contribution in [2.75, 3.05) is 20.8 Å². The van der Waals surface area contributed by atoms with Crippen molar-refractivity contribution in [3.8, 4) is 0 Å². The van der Waals surface area contributed by atoms with E-state index in [0.29, 0.717) is 6.54 Å². The summed E-state index contributed by atoms with van der Waals surface area (Å²) in [6.45, 7) is 0.854. The van der Waals surface area contributed by atoms with E-state index in [9.17, 15) is 4.79 Å². The van der Waals surface area contributed by atoms with Crippen LogP contribution in [0.2, 0.25) is 0 Å². The van der Waals surface area contributed by atoms with Gasteiger partial charge < -0.3 is 15.4 Å². The molecule has 15 heavy (non-hydrogen) atoms. The zero-order valence-corrected chi connectivity index (χ0v) is 9.79. The highest BCUT2D eigenvalue weighted by atomic mass is 32.1. The van der Waals surface area contributed by atoms with Crippen LogP contribution in [0.3, 0.4) is 0 Å². The molecule has 0 aliphatic heterocycles. The lowest BCUT2D eigenvalue weighted by molar-refractivity contribution is -0.132. The number of ether oxygens (including phenoxy) is 1. The molecule has 5 heteroatoms. The summed E-state index contributed by atoms with van der Waals surface area (Å²) in [5, 5.41) is 4.01. The number of carbonyl (C=O) groups is 1. The fraction of sp³-hybridized carbons (Fsp3) is 0.500. The van der Waals surface area contributed by atoms with E-state index in [1.165, 1.54) is 7.11 Å². The third-order valence-electron chi connectivity index (χ3n) is 2.04. The van der Waals surface area contributed by atoms with E-state index in [2.05, 4.69) is 0 Å². The molecule has 0 bridgehead atoms. The summed E-state index contributed by atoms with van der Waals surface area (Å²) in [6, 6.07) is 1.43. The summed E-state index contributed by atoms with van der Waals surface area (Å²) in [7, 11) is 3.28. The van der Waals surface area contributed by atoms with Crippen LogP contribution < -0.4 is 5.73 Å². The summed E-state index contributed by atoms with van der Waals surface area (Å²) >= 11 is 1.62. The molecule has 1 rings (SSSR count). The topological polar surface area (TPSA) is 55.6 Å². The van der Waals surface area contributed by atoms with Crippen LogP contribution in [0, 0.1) is 0 Å². The van der Waals surface area contributed by atoms with Crippen LogP contribution in [0.5, 0.6) is 0 Å². The normalized spacial score (nSPS) is 12.5. The minimum atomic E-state index is -0.571. The maximum Gasteiger partial charge on any atom is 0.241 e. The average Bonchev–Trinajstić information content (AvgIpc) is 2.69. The van der Waals surface area contributed by atoms with Gasteiger partial charge in [0, 0.05) is 20.7 Å². The van der Waals surface area contributed by atoms with Gasteiger partial charge in [0.1, 0.15) is 6.04 Å². The molecule has 1 heterocycles. The third-order valence-corrected chi connectivity index (χ3v) is 2.77. The number of carbonyl (C=O) groups excluding carboxylic acids is 1. The molecule has 1 amide bonds. The highest BCUT2D eigenvalue weighted by Gasteiger charge is 2.17. The van der Waals surface area contributed by atoms with Gasteiger partial charge in [-0.1, -0.05) is 0 Å². The molecule has 1 aromatic heterocycles. The molecule has 0 aliphatic rings. The number of amides is 1. The van der Waals surface area contributed by atoms with Gasteiger partial charge in [0.2, 0.25) is 5.91 Å². The molecule has 0 aliphatic carbocycles. The Balaban J connectivity index is 2.46. The average molecular weight is 228 g/mol. The van der Waals surface area contributed by atoms with Crippen LogP contribution in [0.25, 0.3) is 0 Å². The summed E-state index contributed by atoms with van der Waals surface area (Å²) in [5.41, 5.74) is 6.77. The predicted octanol–water partition coefficient (Wildman–Crippen LogP) is 0.680. The summed E-state index contributed by atoms with van der Waals surface area (Å²) in [6.07, 6.45) is 0. The first kappa shape index (κ1) is 12.2. The molecule has 1 unspecified atom stereocenters. The summed E-state index contributed by atoms with van der Waals surface area (Å²) in [5.74, 6) is -0.0944. The molecule has 1 atom stereocenters. The molecule has 0 aromatic carbocycles. The quantitative estimate of drug-likeness (QED) is 0.806. The maximum atomic E-state index is 11.7. The van der Waals surface area contributed by atoms with E-state index >= 15 is 0 Å². The van der Waals surface area contributed by atoms with Crippen LogP contribution in [0.15, 0.2) is 16.8 Å². The van der Waals surface area contributed by atoms with E-state index < -0.39 is 6.04 Å². The first-order valence-electron chi connectivity index (χ1n) is 4.65. The Morgan fingerprint density at radius 2 is 2.47 bits per heavy atom. The Morgan fingerprint density at radius 1 is 1.73 bits per heavy atom. The van der Waals surface area contributed by atoms with Gasteiger partial charge in [0.05, 0.1) is 6.61 Å². The van der Waals surface area contributed by atoms with Crippen LogP contribution in [-0.4, -0.2) is 37.6 Å². The van der Waals surface area contributed by atoms with E-state index in [1.54, 1.807) is 23.3 Å². The number of nitrogens with zero attached hydrogens (tertiary/aromatic N) is 1. The van der Waals surface area contributed by atoms with Crippen molar-refractivity contribution in [2.45, 2.75) is 12.6 Å². The van der Waals surface area contributed by atoms with Gasteiger partial charge in [-0.15, -0.1) is 0 Å². The van der Waals surface area contributed by atoms with Crippen molar-refractivity contribution >= 4 is 17.2 Å². The third kappa shape index (κ3) is 3.62. The van der Waals surface area contributed by atoms with Gasteiger partial charge in [-0.25, -0.2) is 0 Å². The molecule has 0 saturated carbocycles. The first-order valence-corrected chi connectivity index (χ1v) is 5.60. The Kier molecular flexibility index (Phi) is 4.74. The minimum absolute atomic E-state index is 0.0944. The van der Waals surface area contributed by atoms with Gasteiger partial charge in [-0.2, -0.15) is 11.3 Å². The standard InChI is InChI=1S/C10H16N2O2S/c1-12(5-8-3-4-15-7-8)10(13)9(11)6-14-2/h3-4,7,9H,5-6,11H2,1-2H3.